The van der Waals surface area contributed by atoms with Crippen molar-refractivity contribution in [1.29, 1.82) is 0 Å². The SMILES string of the molecule is O=C(Nc1ccccn1)C1CC(=O)N(c2ccccc2Cl)C1. The predicted octanol–water partition coefficient (Wildman–Crippen LogP) is 2.73. The number of pyridine rings is 1. The Balaban J connectivity index is 1.72. The minimum Gasteiger partial charge on any atom is -0.310 e. The summed E-state index contributed by atoms with van der Waals surface area (Å²) in [6, 6.07) is 12.4. The van der Waals surface area contributed by atoms with Gasteiger partial charge < -0.3 is 10.2 Å². The molecule has 1 N–H and O–H groups in total. The summed E-state index contributed by atoms with van der Waals surface area (Å²) in [6.45, 7) is 0.321. The number of para-hydroxylation sites is 1. The standard InChI is InChI=1S/C16H14ClN3O2/c17-12-5-1-2-6-13(12)20-10-11(9-15(20)21)16(22)19-14-7-3-4-8-18-14/h1-8,11H,9-10H2,(H,18,19,22). The van der Waals surface area contributed by atoms with Gasteiger partial charge in [-0.3, -0.25) is 9.59 Å². The van der Waals surface area contributed by atoms with E-state index in [1.54, 1.807) is 47.5 Å². The summed E-state index contributed by atoms with van der Waals surface area (Å²) >= 11 is 6.12. The Morgan fingerprint density at radius 2 is 2.00 bits per heavy atom. The molecule has 1 aromatic heterocycles. The molecule has 1 saturated heterocycles. The van der Waals surface area contributed by atoms with Crippen molar-refractivity contribution in [3.63, 3.8) is 0 Å². The van der Waals surface area contributed by atoms with Gasteiger partial charge in [0.1, 0.15) is 5.82 Å². The molecule has 3 rings (SSSR count). The van der Waals surface area contributed by atoms with Gasteiger partial charge in [0.25, 0.3) is 0 Å². The van der Waals surface area contributed by atoms with E-state index in [4.69, 9.17) is 11.6 Å². The van der Waals surface area contributed by atoms with Gasteiger partial charge in [-0.25, -0.2) is 4.98 Å². The number of anilines is 2. The van der Waals surface area contributed by atoms with E-state index in [0.29, 0.717) is 23.1 Å². The van der Waals surface area contributed by atoms with Crippen LogP contribution in [0.3, 0.4) is 0 Å². The Hall–Kier alpha value is -2.40. The molecule has 1 fully saturated rings. The zero-order valence-corrected chi connectivity index (χ0v) is 12.5. The lowest BCUT2D eigenvalue weighted by molar-refractivity contribution is -0.122. The zero-order chi connectivity index (χ0) is 15.5. The highest BCUT2D eigenvalue weighted by molar-refractivity contribution is 6.33. The molecule has 1 aliphatic rings. The first kappa shape index (κ1) is 14.5. The maximum Gasteiger partial charge on any atom is 0.230 e. The molecule has 0 spiro atoms. The van der Waals surface area contributed by atoms with Crippen molar-refractivity contribution in [2.24, 2.45) is 5.92 Å². The Bertz CT molecular complexity index is 706. The lowest BCUT2D eigenvalue weighted by Gasteiger charge is -2.17. The van der Waals surface area contributed by atoms with Gasteiger partial charge in [-0.15, -0.1) is 0 Å². The fourth-order valence-electron chi connectivity index (χ4n) is 2.45. The van der Waals surface area contributed by atoms with Crippen LogP contribution in [0, 0.1) is 5.92 Å². The number of carbonyl (C=O) groups excluding carboxylic acids is 2. The highest BCUT2D eigenvalue weighted by Crippen LogP contribution is 2.31. The lowest BCUT2D eigenvalue weighted by atomic mass is 10.1. The van der Waals surface area contributed by atoms with Gasteiger partial charge in [-0.2, -0.15) is 0 Å². The van der Waals surface area contributed by atoms with E-state index in [2.05, 4.69) is 10.3 Å². The molecule has 1 aliphatic heterocycles. The van der Waals surface area contributed by atoms with Crippen molar-refractivity contribution in [3.05, 3.63) is 53.7 Å². The van der Waals surface area contributed by atoms with Gasteiger partial charge >= 0.3 is 0 Å². The summed E-state index contributed by atoms with van der Waals surface area (Å²) in [5.41, 5.74) is 0.641. The topological polar surface area (TPSA) is 62.3 Å². The highest BCUT2D eigenvalue weighted by Gasteiger charge is 2.35. The highest BCUT2D eigenvalue weighted by atomic mass is 35.5. The molecule has 0 bridgehead atoms. The monoisotopic (exact) mass is 315 g/mol. The van der Waals surface area contributed by atoms with Gasteiger partial charge in [0.2, 0.25) is 11.8 Å². The van der Waals surface area contributed by atoms with Gasteiger partial charge in [0.15, 0.2) is 0 Å². The molecule has 1 aromatic carbocycles. The minimum atomic E-state index is -0.411. The van der Waals surface area contributed by atoms with Crippen LogP contribution >= 0.6 is 11.6 Å². The van der Waals surface area contributed by atoms with Crippen LogP contribution in [0.25, 0.3) is 0 Å². The third-order valence-electron chi connectivity index (χ3n) is 3.56. The molecule has 112 valence electrons. The summed E-state index contributed by atoms with van der Waals surface area (Å²) < 4.78 is 0. The summed E-state index contributed by atoms with van der Waals surface area (Å²) in [4.78, 5) is 30.0. The number of rotatable bonds is 3. The summed E-state index contributed by atoms with van der Waals surface area (Å²) in [5.74, 6) is -0.238. The Morgan fingerprint density at radius 1 is 1.23 bits per heavy atom. The first-order valence-corrected chi connectivity index (χ1v) is 7.30. The summed E-state index contributed by atoms with van der Waals surface area (Å²) in [6.07, 6.45) is 1.77. The molecule has 0 saturated carbocycles. The molecular formula is C16H14ClN3O2. The van der Waals surface area contributed by atoms with E-state index < -0.39 is 5.92 Å². The maximum atomic E-state index is 12.3. The molecule has 0 radical (unpaired) electrons. The van der Waals surface area contributed by atoms with Crippen LogP contribution in [0.2, 0.25) is 5.02 Å². The Morgan fingerprint density at radius 3 is 2.73 bits per heavy atom. The Labute approximate surface area is 132 Å². The van der Waals surface area contributed by atoms with E-state index in [0.717, 1.165) is 0 Å². The molecular weight excluding hydrogens is 302 g/mol. The first-order chi connectivity index (χ1) is 10.6. The second-order valence-corrected chi connectivity index (χ2v) is 5.47. The minimum absolute atomic E-state index is 0.103. The number of amides is 2. The van der Waals surface area contributed by atoms with Gasteiger partial charge in [0, 0.05) is 19.2 Å². The summed E-state index contributed by atoms with van der Waals surface area (Å²) in [7, 11) is 0. The van der Waals surface area contributed by atoms with Crippen LogP contribution < -0.4 is 10.2 Å². The molecule has 1 atom stereocenters. The van der Waals surface area contributed by atoms with E-state index >= 15 is 0 Å². The number of hydrogen-bond donors (Lipinski definition) is 1. The number of benzene rings is 1. The average molecular weight is 316 g/mol. The van der Waals surface area contributed by atoms with Crippen molar-refractivity contribution < 1.29 is 9.59 Å². The van der Waals surface area contributed by atoms with Crippen LogP contribution in [0.5, 0.6) is 0 Å². The van der Waals surface area contributed by atoms with Crippen molar-refractivity contribution in [2.75, 3.05) is 16.8 Å². The molecule has 1 unspecified atom stereocenters. The summed E-state index contributed by atoms with van der Waals surface area (Å²) in [5, 5.41) is 3.23. The smallest absolute Gasteiger partial charge is 0.230 e. The van der Waals surface area contributed by atoms with Crippen LogP contribution in [-0.4, -0.2) is 23.3 Å². The fraction of sp³-hybridized carbons (Fsp3) is 0.188. The number of nitrogens with one attached hydrogen (secondary N) is 1. The van der Waals surface area contributed by atoms with Crippen molar-refractivity contribution in [3.8, 4) is 0 Å². The zero-order valence-electron chi connectivity index (χ0n) is 11.7. The van der Waals surface area contributed by atoms with E-state index in [1.165, 1.54) is 0 Å². The largest absolute Gasteiger partial charge is 0.310 e. The quantitative estimate of drug-likeness (QED) is 0.947. The lowest BCUT2D eigenvalue weighted by Crippen LogP contribution is -2.28. The van der Waals surface area contributed by atoms with Crippen molar-refractivity contribution >= 4 is 34.9 Å². The third kappa shape index (κ3) is 2.94. The van der Waals surface area contributed by atoms with Gasteiger partial charge in [0.05, 0.1) is 16.6 Å². The normalized spacial score (nSPS) is 17.6. The van der Waals surface area contributed by atoms with Gasteiger partial charge in [-0.1, -0.05) is 29.8 Å². The third-order valence-corrected chi connectivity index (χ3v) is 3.87. The van der Waals surface area contributed by atoms with Crippen LogP contribution in [0.15, 0.2) is 48.7 Å². The van der Waals surface area contributed by atoms with Crippen LogP contribution in [0.4, 0.5) is 11.5 Å². The molecule has 5 nitrogen and oxygen atoms in total. The average Bonchev–Trinajstić information content (AvgIpc) is 2.91. The number of nitrogens with zero attached hydrogens (tertiary/aromatic N) is 2. The number of hydrogen-bond acceptors (Lipinski definition) is 3. The Kier molecular flexibility index (Phi) is 4.06. The number of carbonyl (C=O) groups is 2. The molecule has 2 heterocycles. The second kappa shape index (κ2) is 6.15. The van der Waals surface area contributed by atoms with E-state index in [-0.39, 0.29) is 18.2 Å². The molecule has 0 aliphatic carbocycles. The molecule has 2 amide bonds. The molecule has 6 heteroatoms. The fourth-order valence-corrected chi connectivity index (χ4v) is 2.69. The van der Waals surface area contributed by atoms with Crippen molar-refractivity contribution in [2.45, 2.75) is 6.42 Å². The number of aromatic nitrogens is 1. The number of halogens is 1. The maximum absolute atomic E-state index is 12.3. The molecule has 22 heavy (non-hydrogen) atoms. The predicted molar refractivity (Wildman–Crippen MR) is 84.8 cm³/mol. The van der Waals surface area contributed by atoms with E-state index in [1.807, 2.05) is 6.07 Å². The van der Waals surface area contributed by atoms with Crippen molar-refractivity contribution in [1.82, 2.24) is 4.98 Å². The van der Waals surface area contributed by atoms with Crippen LogP contribution in [0.1, 0.15) is 6.42 Å². The second-order valence-electron chi connectivity index (χ2n) is 5.06. The molecule has 2 aromatic rings. The van der Waals surface area contributed by atoms with Gasteiger partial charge in [-0.05, 0) is 24.3 Å². The van der Waals surface area contributed by atoms with Crippen LogP contribution in [-0.2, 0) is 9.59 Å². The first-order valence-electron chi connectivity index (χ1n) is 6.92. The van der Waals surface area contributed by atoms with E-state index in [9.17, 15) is 9.59 Å².